The van der Waals surface area contributed by atoms with Crippen molar-refractivity contribution in [2.45, 2.75) is 52.5 Å². The minimum atomic E-state index is -0.261. The van der Waals surface area contributed by atoms with Gasteiger partial charge in [0.05, 0.1) is 5.69 Å². The van der Waals surface area contributed by atoms with Gasteiger partial charge in [-0.15, -0.1) is 0 Å². The summed E-state index contributed by atoms with van der Waals surface area (Å²) < 4.78 is 0. The summed E-state index contributed by atoms with van der Waals surface area (Å²) in [6, 6.07) is 7.06. The first-order valence-electron chi connectivity index (χ1n) is 9.31. The van der Waals surface area contributed by atoms with E-state index in [4.69, 9.17) is 0 Å². The number of aromatic nitrogens is 1. The number of thiazole rings is 1. The minimum absolute atomic E-state index is 0.0406. The van der Waals surface area contributed by atoms with E-state index >= 15 is 0 Å². The van der Waals surface area contributed by atoms with Crippen molar-refractivity contribution < 1.29 is 14.4 Å². The maximum atomic E-state index is 12.7. The Kier molecular flexibility index (Phi) is 6.08. The molecular weight excluding hydrogens is 376 g/mol. The van der Waals surface area contributed by atoms with E-state index in [-0.39, 0.29) is 23.8 Å². The highest BCUT2D eigenvalue weighted by Gasteiger charge is 2.29. The summed E-state index contributed by atoms with van der Waals surface area (Å²) in [4.78, 5) is 42.7. The molecule has 28 heavy (non-hydrogen) atoms. The summed E-state index contributed by atoms with van der Waals surface area (Å²) in [7, 11) is 0. The maximum Gasteiger partial charge on any atom is 0.267 e. The van der Waals surface area contributed by atoms with E-state index in [2.05, 4.69) is 15.6 Å². The molecule has 3 rings (SSSR count). The summed E-state index contributed by atoms with van der Waals surface area (Å²) in [5, 5.41) is 6.11. The SMILES string of the molecule is CC(=O)Nc1ccc(NC(=O)c2sc(N(C(C)=O)C3CCCC3)nc2C)cc1. The molecule has 0 saturated heterocycles. The van der Waals surface area contributed by atoms with Gasteiger partial charge in [-0.05, 0) is 44.0 Å². The van der Waals surface area contributed by atoms with Crippen LogP contribution in [0.25, 0.3) is 0 Å². The van der Waals surface area contributed by atoms with Crippen LogP contribution in [0.1, 0.15) is 54.9 Å². The molecule has 1 aliphatic rings. The van der Waals surface area contributed by atoms with Crippen molar-refractivity contribution in [2.75, 3.05) is 15.5 Å². The van der Waals surface area contributed by atoms with E-state index in [0.29, 0.717) is 27.1 Å². The Morgan fingerprint density at radius 1 is 1.04 bits per heavy atom. The number of carbonyl (C=O) groups is 3. The average Bonchev–Trinajstić information content (AvgIpc) is 3.26. The fourth-order valence-corrected chi connectivity index (χ4v) is 4.51. The van der Waals surface area contributed by atoms with Crippen LogP contribution in [-0.4, -0.2) is 28.7 Å². The van der Waals surface area contributed by atoms with Crippen molar-refractivity contribution in [2.24, 2.45) is 0 Å². The number of nitrogens with zero attached hydrogens (tertiary/aromatic N) is 2. The van der Waals surface area contributed by atoms with Crippen molar-refractivity contribution >= 4 is 45.6 Å². The molecule has 0 aliphatic heterocycles. The normalized spacial score (nSPS) is 14.0. The summed E-state index contributed by atoms with van der Waals surface area (Å²) >= 11 is 1.25. The average molecular weight is 401 g/mol. The standard InChI is InChI=1S/C20H24N4O3S/c1-12-18(19(27)23-16-10-8-15(9-11-16)22-13(2)25)28-20(21-12)24(14(3)26)17-6-4-5-7-17/h8-11,17H,4-7H2,1-3H3,(H,22,25)(H,23,27). The molecule has 2 aromatic rings. The van der Waals surface area contributed by atoms with Gasteiger partial charge in [0.1, 0.15) is 4.88 Å². The lowest BCUT2D eigenvalue weighted by atomic mass is 10.2. The second kappa shape index (κ2) is 8.52. The number of amides is 3. The van der Waals surface area contributed by atoms with Gasteiger partial charge < -0.3 is 10.6 Å². The lowest BCUT2D eigenvalue weighted by Gasteiger charge is -2.24. The zero-order valence-electron chi connectivity index (χ0n) is 16.2. The fourth-order valence-electron chi connectivity index (χ4n) is 3.43. The molecule has 1 aromatic heterocycles. The lowest BCUT2D eigenvalue weighted by molar-refractivity contribution is -0.117. The van der Waals surface area contributed by atoms with Gasteiger partial charge in [0, 0.05) is 31.3 Å². The molecule has 0 bridgehead atoms. The van der Waals surface area contributed by atoms with Gasteiger partial charge in [0.15, 0.2) is 5.13 Å². The zero-order valence-corrected chi connectivity index (χ0v) is 17.1. The number of anilines is 3. The van der Waals surface area contributed by atoms with Gasteiger partial charge >= 0.3 is 0 Å². The first-order chi connectivity index (χ1) is 13.3. The highest BCUT2D eigenvalue weighted by Crippen LogP contribution is 2.33. The lowest BCUT2D eigenvalue weighted by Crippen LogP contribution is -2.37. The van der Waals surface area contributed by atoms with E-state index < -0.39 is 0 Å². The van der Waals surface area contributed by atoms with E-state index in [0.717, 1.165) is 25.7 Å². The molecule has 1 aromatic carbocycles. The Balaban J connectivity index is 1.75. The second-order valence-electron chi connectivity index (χ2n) is 6.95. The second-order valence-corrected chi connectivity index (χ2v) is 7.93. The Labute approximate surface area is 168 Å². The molecular formula is C20H24N4O3S. The molecule has 0 unspecified atom stereocenters. The molecule has 0 radical (unpaired) electrons. The van der Waals surface area contributed by atoms with Gasteiger partial charge in [0.2, 0.25) is 11.8 Å². The summed E-state index contributed by atoms with van der Waals surface area (Å²) in [5.74, 6) is -0.452. The number of benzene rings is 1. The minimum Gasteiger partial charge on any atom is -0.326 e. The molecule has 1 fully saturated rings. The van der Waals surface area contributed by atoms with Crippen LogP contribution in [-0.2, 0) is 9.59 Å². The number of aryl methyl sites for hydroxylation is 1. The maximum absolute atomic E-state index is 12.7. The molecule has 1 heterocycles. The van der Waals surface area contributed by atoms with Crippen molar-refractivity contribution in [3.8, 4) is 0 Å². The Bertz CT molecular complexity index is 885. The molecule has 7 nitrogen and oxygen atoms in total. The van der Waals surface area contributed by atoms with Crippen LogP contribution < -0.4 is 15.5 Å². The van der Waals surface area contributed by atoms with Crippen LogP contribution in [0, 0.1) is 6.92 Å². The highest BCUT2D eigenvalue weighted by molar-refractivity contribution is 7.18. The van der Waals surface area contributed by atoms with Crippen LogP contribution in [0.15, 0.2) is 24.3 Å². The Morgan fingerprint density at radius 3 is 2.14 bits per heavy atom. The van der Waals surface area contributed by atoms with Crippen molar-refractivity contribution in [3.63, 3.8) is 0 Å². The summed E-state index contributed by atoms with van der Waals surface area (Å²) in [5.41, 5.74) is 1.89. The summed E-state index contributed by atoms with van der Waals surface area (Å²) in [6.45, 7) is 4.77. The van der Waals surface area contributed by atoms with Crippen molar-refractivity contribution in [3.05, 3.63) is 34.8 Å². The van der Waals surface area contributed by atoms with Gasteiger partial charge in [0.25, 0.3) is 5.91 Å². The van der Waals surface area contributed by atoms with E-state index in [1.54, 1.807) is 43.0 Å². The zero-order chi connectivity index (χ0) is 20.3. The van der Waals surface area contributed by atoms with Crippen molar-refractivity contribution in [1.29, 1.82) is 0 Å². The number of rotatable bonds is 5. The first kappa shape index (κ1) is 20.0. The largest absolute Gasteiger partial charge is 0.326 e. The van der Waals surface area contributed by atoms with Gasteiger partial charge in [-0.3, -0.25) is 19.3 Å². The Morgan fingerprint density at radius 2 is 1.61 bits per heavy atom. The fraction of sp³-hybridized carbons (Fsp3) is 0.400. The molecule has 3 amide bonds. The Hall–Kier alpha value is -2.74. The number of hydrogen-bond donors (Lipinski definition) is 2. The number of carbonyl (C=O) groups excluding carboxylic acids is 3. The monoisotopic (exact) mass is 400 g/mol. The van der Waals surface area contributed by atoms with Gasteiger partial charge in [-0.1, -0.05) is 24.2 Å². The van der Waals surface area contributed by atoms with Crippen molar-refractivity contribution in [1.82, 2.24) is 4.98 Å². The van der Waals surface area contributed by atoms with Crippen LogP contribution in [0.2, 0.25) is 0 Å². The molecule has 8 heteroatoms. The van der Waals surface area contributed by atoms with E-state index in [1.165, 1.54) is 18.3 Å². The third-order valence-electron chi connectivity index (χ3n) is 4.69. The highest BCUT2D eigenvalue weighted by atomic mass is 32.1. The number of hydrogen-bond acceptors (Lipinski definition) is 5. The summed E-state index contributed by atoms with van der Waals surface area (Å²) in [6.07, 6.45) is 4.17. The van der Waals surface area contributed by atoms with Crippen LogP contribution in [0.5, 0.6) is 0 Å². The molecule has 0 spiro atoms. The topological polar surface area (TPSA) is 91.4 Å². The third-order valence-corrected chi connectivity index (χ3v) is 5.85. The predicted molar refractivity (Wildman–Crippen MR) is 111 cm³/mol. The van der Waals surface area contributed by atoms with E-state index in [1.807, 2.05) is 0 Å². The molecule has 2 N–H and O–H groups in total. The predicted octanol–water partition coefficient (Wildman–Crippen LogP) is 3.96. The van der Waals surface area contributed by atoms with Crippen LogP contribution >= 0.6 is 11.3 Å². The molecule has 0 atom stereocenters. The van der Waals surface area contributed by atoms with Gasteiger partial charge in [-0.25, -0.2) is 4.98 Å². The van der Waals surface area contributed by atoms with Gasteiger partial charge in [-0.2, -0.15) is 0 Å². The third kappa shape index (κ3) is 4.56. The first-order valence-corrected chi connectivity index (χ1v) is 10.1. The smallest absolute Gasteiger partial charge is 0.267 e. The number of nitrogens with one attached hydrogen (secondary N) is 2. The van der Waals surface area contributed by atoms with E-state index in [9.17, 15) is 14.4 Å². The molecule has 1 saturated carbocycles. The quantitative estimate of drug-likeness (QED) is 0.795. The van der Waals surface area contributed by atoms with Crippen LogP contribution in [0.4, 0.5) is 16.5 Å². The van der Waals surface area contributed by atoms with Crippen LogP contribution in [0.3, 0.4) is 0 Å². The molecule has 1 aliphatic carbocycles. The molecule has 148 valence electrons.